The van der Waals surface area contributed by atoms with Crippen molar-refractivity contribution in [2.24, 2.45) is 0 Å². The van der Waals surface area contributed by atoms with E-state index in [9.17, 15) is 4.79 Å². The minimum absolute atomic E-state index is 0.0111. The standard InChI is InChI=1S/C18H23N3O3/c1-3-24-13-16-9-11-21-15(8-10-19-21)12-20(16)18(22)14-4-6-17(23-2)7-5-14/h4-8,10,16H,3,9,11-13H2,1-2H3. The zero-order valence-electron chi connectivity index (χ0n) is 14.1. The van der Waals surface area contributed by atoms with E-state index in [1.807, 2.05) is 34.7 Å². The van der Waals surface area contributed by atoms with Crippen molar-refractivity contribution in [2.45, 2.75) is 32.5 Å². The topological polar surface area (TPSA) is 56.6 Å². The molecular formula is C18H23N3O3. The minimum Gasteiger partial charge on any atom is -0.497 e. The molecule has 0 spiro atoms. The Balaban J connectivity index is 1.85. The molecule has 3 rings (SSSR count). The van der Waals surface area contributed by atoms with Crippen LogP contribution in [-0.4, -0.2) is 47.0 Å². The molecule has 6 heteroatoms. The molecule has 1 aliphatic rings. The molecule has 1 unspecified atom stereocenters. The number of benzene rings is 1. The molecule has 0 N–H and O–H groups in total. The third-order valence-corrected chi connectivity index (χ3v) is 4.36. The van der Waals surface area contributed by atoms with Gasteiger partial charge in [-0.3, -0.25) is 9.48 Å². The zero-order valence-corrected chi connectivity index (χ0v) is 14.1. The number of amides is 1. The van der Waals surface area contributed by atoms with Crippen molar-refractivity contribution in [3.8, 4) is 5.75 Å². The molecule has 1 amide bonds. The summed E-state index contributed by atoms with van der Waals surface area (Å²) in [5, 5.41) is 4.34. The van der Waals surface area contributed by atoms with Crippen molar-refractivity contribution in [1.82, 2.24) is 14.7 Å². The first-order valence-corrected chi connectivity index (χ1v) is 8.26. The summed E-state index contributed by atoms with van der Waals surface area (Å²) in [4.78, 5) is 15.0. The Morgan fingerprint density at radius 3 is 2.79 bits per heavy atom. The molecule has 0 aliphatic carbocycles. The van der Waals surface area contributed by atoms with Crippen molar-refractivity contribution < 1.29 is 14.3 Å². The lowest BCUT2D eigenvalue weighted by Crippen LogP contribution is -2.41. The molecule has 0 bridgehead atoms. The lowest BCUT2D eigenvalue weighted by molar-refractivity contribution is 0.0422. The monoisotopic (exact) mass is 329 g/mol. The second kappa shape index (κ2) is 7.49. The molecule has 6 nitrogen and oxygen atoms in total. The summed E-state index contributed by atoms with van der Waals surface area (Å²) in [6, 6.07) is 9.25. The van der Waals surface area contributed by atoms with Crippen LogP contribution in [0.15, 0.2) is 36.5 Å². The van der Waals surface area contributed by atoms with Gasteiger partial charge in [-0.25, -0.2) is 0 Å². The van der Waals surface area contributed by atoms with Crippen LogP contribution >= 0.6 is 0 Å². The molecule has 1 atom stereocenters. The lowest BCUT2D eigenvalue weighted by atomic mass is 10.1. The van der Waals surface area contributed by atoms with Crippen LogP contribution in [0.3, 0.4) is 0 Å². The Hall–Kier alpha value is -2.34. The van der Waals surface area contributed by atoms with Crippen molar-refractivity contribution in [3.05, 3.63) is 47.8 Å². The molecule has 0 saturated carbocycles. The van der Waals surface area contributed by atoms with Crippen LogP contribution in [0.25, 0.3) is 0 Å². The van der Waals surface area contributed by atoms with Crippen LogP contribution in [0.1, 0.15) is 29.4 Å². The highest BCUT2D eigenvalue weighted by Gasteiger charge is 2.28. The number of carbonyl (C=O) groups is 1. The van der Waals surface area contributed by atoms with Gasteiger partial charge in [-0.2, -0.15) is 5.10 Å². The van der Waals surface area contributed by atoms with E-state index in [1.54, 1.807) is 25.4 Å². The average Bonchev–Trinajstić information content (AvgIpc) is 3.00. The highest BCUT2D eigenvalue weighted by atomic mass is 16.5. The Morgan fingerprint density at radius 1 is 1.29 bits per heavy atom. The Kier molecular flexibility index (Phi) is 5.15. The number of carbonyl (C=O) groups excluding carboxylic acids is 1. The smallest absolute Gasteiger partial charge is 0.254 e. The molecule has 0 radical (unpaired) electrons. The Bertz CT molecular complexity index is 681. The number of aryl methyl sites for hydroxylation is 1. The summed E-state index contributed by atoms with van der Waals surface area (Å²) in [5.74, 6) is 0.753. The summed E-state index contributed by atoms with van der Waals surface area (Å²) < 4.78 is 12.8. The van der Waals surface area contributed by atoms with E-state index < -0.39 is 0 Å². The highest BCUT2D eigenvalue weighted by Crippen LogP contribution is 2.21. The first-order chi connectivity index (χ1) is 11.7. The number of ether oxygens (including phenoxy) is 2. The van der Waals surface area contributed by atoms with Gasteiger partial charge in [-0.1, -0.05) is 0 Å². The third-order valence-electron chi connectivity index (χ3n) is 4.36. The fraction of sp³-hybridized carbons (Fsp3) is 0.444. The number of hydrogen-bond donors (Lipinski definition) is 0. The fourth-order valence-electron chi connectivity index (χ4n) is 2.99. The molecule has 1 aliphatic heterocycles. The minimum atomic E-state index is 0.0111. The van der Waals surface area contributed by atoms with Gasteiger partial charge in [0.05, 0.1) is 32.0 Å². The van der Waals surface area contributed by atoms with Crippen molar-refractivity contribution in [1.29, 1.82) is 0 Å². The molecule has 2 heterocycles. The Morgan fingerprint density at radius 2 is 2.08 bits per heavy atom. The molecule has 1 aromatic heterocycles. The maximum absolute atomic E-state index is 13.1. The van der Waals surface area contributed by atoms with Gasteiger partial charge in [-0.05, 0) is 43.7 Å². The lowest BCUT2D eigenvalue weighted by Gasteiger charge is -2.29. The van der Waals surface area contributed by atoms with Gasteiger partial charge in [0.25, 0.3) is 5.91 Å². The maximum atomic E-state index is 13.1. The fourth-order valence-corrected chi connectivity index (χ4v) is 2.99. The number of hydrogen-bond acceptors (Lipinski definition) is 4. The highest BCUT2D eigenvalue weighted by molar-refractivity contribution is 5.94. The van der Waals surface area contributed by atoms with Gasteiger partial charge in [0.15, 0.2) is 0 Å². The summed E-state index contributed by atoms with van der Waals surface area (Å²) in [7, 11) is 1.62. The number of methoxy groups -OCH3 is 1. The maximum Gasteiger partial charge on any atom is 0.254 e. The van der Waals surface area contributed by atoms with Crippen molar-refractivity contribution in [3.63, 3.8) is 0 Å². The van der Waals surface area contributed by atoms with Gasteiger partial charge < -0.3 is 14.4 Å². The normalized spacial score (nSPS) is 17.2. The third kappa shape index (κ3) is 3.43. The van der Waals surface area contributed by atoms with E-state index in [-0.39, 0.29) is 11.9 Å². The van der Waals surface area contributed by atoms with Crippen LogP contribution in [0.2, 0.25) is 0 Å². The number of fused-ring (bicyclic) bond motifs is 1. The van der Waals surface area contributed by atoms with E-state index in [0.717, 1.165) is 24.4 Å². The number of rotatable bonds is 5. The summed E-state index contributed by atoms with van der Waals surface area (Å²) in [6.07, 6.45) is 2.62. The van der Waals surface area contributed by atoms with Crippen LogP contribution < -0.4 is 4.74 Å². The van der Waals surface area contributed by atoms with Crippen LogP contribution in [-0.2, 0) is 17.8 Å². The quantitative estimate of drug-likeness (QED) is 0.845. The summed E-state index contributed by atoms with van der Waals surface area (Å²) in [6.45, 7) is 4.50. The molecule has 24 heavy (non-hydrogen) atoms. The van der Waals surface area contributed by atoms with E-state index in [0.29, 0.717) is 25.3 Å². The van der Waals surface area contributed by atoms with Crippen molar-refractivity contribution >= 4 is 5.91 Å². The second-order valence-corrected chi connectivity index (χ2v) is 5.81. The molecular weight excluding hydrogens is 306 g/mol. The van der Waals surface area contributed by atoms with E-state index in [1.165, 1.54) is 0 Å². The zero-order chi connectivity index (χ0) is 16.9. The first-order valence-electron chi connectivity index (χ1n) is 8.26. The van der Waals surface area contributed by atoms with Gasteiger partial charge in [0, 0.05) is 24.9 Å². The van der Waals surface area contributed by atoms with Crippen LogP contribution in [0.5, 0.6) is 5.75 Å². The van der Waals surface area contributed by atoms with Crippen molar-refractivity contribution in [2.75, 3.05) is 20.3 Å². The predicted octanol–water partition coefficient (Wildman–Crippen LogP) is 2.34. The molecule has 2 aromatic rings. The molecule has 0 saturated heterocycles. The van der Waals surface area contributed by atoms with E-state index >= 15 is 0 Å². The number of aromatic nitrogens is 2. The average molecular weight is 329 g/mol. The Labute approximate surface area is 142 Å². The molecule has 0 fully saturated rings. The largest absolute Gasteiger partial charge is 0.497 e. The van der Waals surface area contributed by atoms with E-state index in [4.69, 9.17) is 9.47 Å². The molecule has 128 valence electrons. The van der Waals surface area contributed by atoms with Crippen LogP contribution in [0, 0.1) is 0 Å². The summed E-state index contributed by atoms with van der Waals surface area (Å²) in [5.41, 5.74) is 1.71. The summed E-state index contributed by atoms with van der Waals surface area (Å²) >= 11 is 0. The number of nitrogens with zero attached hydrogens (tertiary/aromatic N) is 3. The van der Waals surface area contributed by atoms with Crippen LogP contribution in [0.4, 0.5) is 0 Å². The van der Waals surface area contributed by atoms with Gasteiger partial charge in [0.2, 0.25) is 0 Å². The SMILES string of the molecule is CCOCC1CCn2nccc2CN1C(=O)c1ccc(OC)cc1. The van der Waals surface area contributed by atoms with E-state index in [2.05, 4.69) is 5.10 Å². The first kappa shape index (κ1) is 16.5. The predicted molar refractivity (Wildman–Crippen MR) is 90.0 cm³/mol. The van der Waals surface area contributed by atoms with Gasteiger partial charge in [-0.15, -0.1) is 0 Å². The van der Waals surface area contributed by atoms with Gasteiger partial charge in [0.1, 0.15) is 5.75 Å². The van der Waals surface area contributed by atoms with Gasteiger partial charge >= 0.3 is 0 Å². The second-order valence-electron chi connectivity index (χ2n) is 5.81. The molecule has 1 aromatic carbocycles.